The average molecular weight is 328 g/mol. The lowest BCUT2D eigenvalue weighted by Crippen LogP contribution is -1.91. The molecular weight excluding hydrogens is 318 g/mol. The summed E-state index contributed by atoms with van der Waals surface area (Å²) in [5, 5.41) is 3.87. The van der Waals surface area contributed by atoms with E-state index >= 15 is 0 Å². The lowest BCUT2D eigenvalue weighted by molar-refractivity contribution is 1.32. The highest BCUT2D eigenvalue weighted by atomic mass is 35.5. The normalized spacial score (nSPS) is 11.5. The van der Waals surface area contributed by atoms with Crippen molar-refractivity contribution in [1.82, 2.24) is 9.38 Å². The van der Waals surface area contributed by atoms with Crippen molar-refractivity contribution in [3.8, 4) is 0 Å². The highest BCUT2D eigenvalue weighted by Gasteiger charge is 2.14. The lowest BCUT2D eigenvalue weighted by atomic mass is 10.1. The number of halogens is 1. The van der Waals surface area contributed by atoms with Crippen molar-refractivity contribution in [3.63, 3.8) is 0 Å². The van der Waals surface area contributed by atoms with Gasteiger partial charge in [-0.1, -0.05) is 35.9 Å². The summed E-state index contributed by atoms with van der Waals surface area (Å²) < 4.78 is 2.13. The fourth-order valence-corrected chi connectivity index (χ4v) is 3.56. The summed E-state index contributed by atoms with van der Waals surface area (Å²) in [6, 6.07) is 19.7. The van der Waals surface area contributed by atoms with Gasteiger partial charge in [-0.3, -0.25) is 4.40 Å². The Kier molecular flexibility index (Phi) is 2.62. The summed E-state index contributed by atoms with van der Waals surface area (Å²) in [6.45, 7) is 7.33. The van der Waals surface area contributed by atoms with Gasteiger partial charge in [0.25, 0.3) is 0 Å². The van der Waals surface area contributed by atoms with E-state index in [0.717, 1.165) is 38.4 Å². The first-order chi connectivity index (χ1) is 11.8. The van der Waals surface area contributed by atoms with E-state index in [9.17, 15) is 0 Å². The van der Waals surface area contributed by atoms with Crippen LogP contribution in [0.3, 0.4) is 0 Å². The number of imidazole rings is 1. The van der Waals surface area contributed by atoms with Crippen molar-refractivity contribution < 1.29 is 0 Å². The molecule has 2 heterocycles. The van der Waals surface area contributed by atoms with Gasteiger partial charge in [0.05, 0.1) is 17.6 Å². The molecule has 0 aliphatic carbocycles. The van der Waals surface area contributed by atoms with Gasteiger partial charge in [-0.05, 0) is 41.8 Å². The largest absolute Gasteiger partial charge is 0.293 e. The lowest BCUT2D eigenvalue weighted by Gasteiger charge is -2.09. The van der Waals surface area contributed by atoms with Gasteiger partial charge in [0.2, 0.25) is 0 Å². The maximum Gasteiger partial charge on any atom is 0.189 e. The molecular formula is C20H10ClN3. The molecule has 0 fully saturated rings. The van der Waals surface area contributed by atoms with E-state index in [-0.39, 0.29) is 0 Å². The van der Waals surface area contributed by atoms with Crippen LogP contribution >= 0.6 is 11.6 Å². The third-order valence-corrected chi connectivity index (χ3v) is 4.66. The van der Waals surface area contributed by atoms with Gasteiger partial charge >= 0.3 is 0 Å². The molecule has 5 aromatic rings. The maximum absolute atomic E-state index is 7.33. The van der Waals surface area contributed by atoms with Crippen LogP contribution in [0.15, 0.2) is 60.7 Å². The predicted molar refractivity (Wildman–Crippen MR) is 99.0 cm³/mol. The van der Waals surface area contributed by atoms with Crippen LogP contribution in [0.25, 0.3) is 43.2 Å². The maximum atomic E-state index is 7.33. The highest BCUT2D eigenvalue weighted by molar-refractivity contribution is 6.32. The van der Waals surface area contributed by atoms with Crippen molar-refractivity contribution in [2.24, 2.45) is 0 Å². The summed E-state index contributed by atoms with van der Waals surface area (Å²) in [6.07, 6.45) is 0. The number of fused-ring (bicyclic) bond motifs is 8. The monoisotopic (exact) mass is 327 g/mol. The molecule has 0 bridgehead atoms. The molecule has 0 N–H and O–H groups in total. The number of hydrogen-bond acceptors (Lipinski definition) is 1. The Balaban J connectivity index is 2.19. The molecule has 0 radical (unpaired) electrons. The Bertz CT molecular complexity index is 1330. The molecule has 0 spiro atoms. The van der Waals surface area contributed by atoms with E-state index in [1.807, 2.05) is 54.6 Å². The topological polar surface area (TPSA) is 21.7 Å². The minimum atomic E-state index is 0.614. The molecule has 4 heteroatoms. The molecule has 5 rings (SSSR count). The van der Waals surface area contributed by atoms with Gasteiger partial charge in [-0.15, -0.1) is 0 Å². The first kappa shape index (κ1) is 13.4. The molecule has 0 unspecified atom stereocenters. The molecule has 24 heavy (non-hydrogen) atoms. The van der Waals surface area contributed by atoms with E-state index < -0.39 is 0 Å². The first-order valence-corrected chi connectivity index (χ1v) is 7.94. The Morgan fingerprint density at radius 2 is 1.71 bits per heavy atom. The third-order valence-electron chi connectivity index (χ3n) is 4.42. The number of para-hydroxylation sites is 2. The van der Waals surface area contributed by atoms with Crippen LogP contribution in [0.5, 0.6) is 0 Å². The van der Waals surface area contributed by atoms with Crippen LogP contribution in [-0.4, -0.2) is 9.38 Å². The van der Waals surface area contributed by atoms with Crippen LogP contribution in [0.2, 0.25) is 5.02 Å². The zero-order chi connectivity index (χ0) is 16.3. The summed E-state index contributed by atoms with van der Waals surface area (Å²) in [5.41, 5.74) is 4.45. The van der Waals surface area contributed by atoms with Crippen molar-refractivity contribution in [3.05, 3.63) is 77.1 Å². The predicted octanol–water partition coefficient (Wildman–Crippen LogP) is 6.00. The minimum absolute atomic E-state index is 0.614. The molecule has 0 aliphatic heterocycles. The number of nitrogens with zero attached hydrogens (tertiary/aromatic N) is 3. The second-order valence-electron chi connectivity index (χ2n) is 5.76. The molecule has 3 aromatic carbocycles. The summed E-state index contributed by atoms with van der Waals surface area (Å²) in [5.74, 6) is 0. The molecule has 0 atom stereocenters. The number of rotatable bonds is 0. The fourth-order valence-electron chi connectivity index (χ4n) is 3.39. The molecule has 0 amide bonds. The summed E-state index contributed by atoms with van der Waals surface area (Å²) >= 11 is 6.23. The van der Waals surface area contributed by atoms with E-state index in [4.69, 9.17) is 23.2 Å². The van der Waals surface area contributed by atoms with Gasteiger partial charge in [-0.25, -0.2) is 9.83 Å². The van der Waals surface area contributed by atoms with Crippen LogP contribution < -0.4 is 0 Å². The van der Waals surface area contributed by atoms with E-state index in [1.165, 1.54) is 0 Å². The molecule has 3 nitrogen and oxygen atoms in total. The minimum Gasteiger partial charge on any atom is -0.293 e. The van der Waals surface area contributed by atoms with Gasteiger partial charge in [0.1, 0.15) is 5.65 Å². The van der Waals surface area contributed by atoms with Gasteiger partial charge in [-0.2, -0.15) is 0 Å². The standard InChI is InChI=1S/C20H10ClN3/c1-22-13-7-9-14-16-10-12(21)6-8-15(16)20-23-17-4-2-3-5-18(17)24(20)19(14)11-13/h2-11H. The highest BCUT2D eigenvalue weighted by Crippen LogP contribution is 2.35. The van der Waals surface area contributed by atoms with Crippen LogP contribution in [0, 0.1) is 6.57 Å². The second kappa shape index (κ2) is 4.70. The van der Waals surface area contributed by atoms with Crippen molar-refractivity contribution in [1.29, 1.82) is 0 Å². The van der Waals surface area contributed by atoms with Gasteiger partial charge in [0.15, 0.2) is 5.69 Å². The second-order valence-corrected chi connectivity index (χ2v) is 6.20. The molecule has 0 saturated heterocycles. The van der Waals surface area contributed by atoms with Crippen LogP contribution in [-0.2, 0) is 0 Å². The van der Waals surface area contributed by atoms with Crippen molar-refractivity contribution in [2.45, 2.75) is 0 Å². The van der Waals surface area contributed by atoms with Crippen molar-refractivity contribution >= 4 is 55.6 Å². The number of pyridine rings is 1. The third kappa shape index (κ3) is 1.69. The zero-order valence-electron chi connectivity index (χ0n) is 12.5. The summed E-state index contributed by atoms with van der Waals surface area (Å²) in [4.78, 5) is 8.40. The quantitative estimate of drug-likeness (QED) is 0.252. The number of benzene rings is 3. The Morgan fingerprint density at radius 1 is 0.875 bits per heavy atom. The smallest absolute Gasteiger partial charge is 0.189 e. The average Bonchev–Trinajstić information content (AvgIpc) is 3.01. The Labute approximate surface area is 142 Å². The fraction of sp³-hybridized carbons (Fsp3) is 0. The first-order valence-electron chi connectivity index (χ1n) is 7.56. The zero-order valence-corrected chi connectivity index (χ0v) is 13.2. The Hall–Kier alpha value is -3.09. The van der Waals surface area contributed by atoms with Gasteiger partial charge < -0.3 is 0 Å². The molecule has 112 valence electrons. The summed E-state index contributed by atoms with van der Waals surface area (Å²) in [7, 11) is 0. The molecule has 0 saturated carbocycles. The van der Waals surface area contributed by atoms with E-state index in [0.29, 0.717) is 10.7 Å². The van der Waals surface area contributed by atoms with Crippen LogP contribution in [0.1, 0.15) is 0 Å². The Morgan fingerprint density at radius 3 is 2.58 bits per heavy atom. The van der Waals surface area contributed by atoms with Gasteiger partial charge in [0, 0.05) is 21.3 Å². The SMILES string of the molecule is [C-]#[N+]c1ccc2c3cc(Cl)ccc3c3nc4ccccc4n3c2c1. The van der Waals surface area contributed by atoms with Crippen LogP contribution in [0.4, 0.5) is 5.69 Å². The van der Waals surface area contributed by atoms with E-state index in [1.54, 1.807) is 0 Å². The molecule has 2 aromatic heterocycles. The molecule has 0 aliphatic rings. The number of aromatic nitrogens is 2. The van der Waals surface area contributed by atoms with E-state index in [2.05, 4.69) is 15.3 Å². The number of hydrogen-bond donors (Lipinski definition) is 0. The van der Waals surface area contributed by atoms with Crippen molar-refractivity contribution in [2.75, 3.05) is 0 Å².